The molecular weight excluding hydrogens is 622 g/mol. The van der Waals surface area contributed by atoms with Gasteiger partial charge < -0.3 is 53.5 Å². The van der Waals surface area contributed by atoms with Gasteiger partial charge in [0.1, 0.15) is 11.0 Å². The number of fused-ring (bicyclic) bond motifs is 2. The van der Waals surface area contributed by atoms with Gasteiger partial charge in [0, 0.05) is 73.3 Å². The van der Waals surface area contributed by atoms with Crippen LogP contribution in [-0.4, -0.2) is 86.3 Å². The molecule has 0 saturated carbocycles. The molecular formula is C31H38ClN13O2. The average Bonchev–Trinajstić information content (AvgIpc) is 3.43. The summed E-state index contributed by atoms with van der Waals surface area (Å²) in [6, 6.07) is 13.7. The molecule has 16 heteroatoms. The lowest BCUT2D eigenvalue weighted by atomic mass is 10.0. The van der Waals surface area contributed by atoms with Gasteiger partial charge in [-0.3, -0.25) is 9.78 Å². The number of hydrogen-bond acceptors (Lipinski definition) is 13. The minimum absolute atomic E-state index is 0. The summed E-state index contributed by atoms with van der Waals surface area (Å²) in [7, 11) is 0. The van der Waals surface area contributed by atoms with Gasteiger partial charge in [0.15, 0.2) is 17.2 Å². The highest BCUT2D eigenvalue weighted by Gasteiger charge is 2.30. The zero-order valence-corrected chi connectivity index (χ0v) is 26.3. The number of carbonyl (C=O) groups is 1. The number of phenols is 1. The number of hydrogen-bond donors (Lipinski definition) is 8. The van der Waals surface area contributed by atoms with Crippen molar-refractivity contribution in [3.8, 4) is 5.75 Å². The standard InChI is InChI=1S/C31H37N13O2.ClH/c32-17-10-18(33)13-43(12-17)28-25-27(41-31(42-28)44-14-19(34)11-20(35)15-44)40-30(39-25)38-22-6-4-21(5-7-22)37-29(46)23-8-3-16-2-1-9-36-24(16)26(23)45;/h1-9,17-20,45H,10-15,32-35H2,(H,37,46)(H2,38,39,40,41,42);1H/t17-,18+,19-,20+;. The van der Waals surface area contributed by atoms with E-state index in [9.17, 15) is 9.90 Å². The summed E-state index contributed by atoms with van der Waals surface area (Å²) in [4.78, 5) is 39.0. The van der Waals surface area contributed by atoms with Crippen LogP contribution in [0.5, 0.6) is 5.75 Å². The third-order valence-corrected chi connectivity index (χ3v) is 8.33. The Kier molecular flexibility index (Phi) is 8.98. The van der Waals surface area contributed by atoms with Gasteiger partial charge in [-0.2, -0.15) is 15.0 Å². The van der Waals surface area contributed by atoms with Gasteiger partial charge in [-0.1, -0.05) is 12.1 Å². The molecule has 47 heavy (non-hydrogen) atoms. The number of halogens is 1. The Morgan fingerprint density at radius 2 is 1.47 bits per heavy atom. The Labute approximate surface area is 276 Å². The minimum atomic E-state index is -0.447. The number of nitrogens with zero attached hydrogens (tertiary/aromatic N) is 6. The number of rotatable bonds is 6. The molecule has 2 aromatic carbocycles. The highest BCUT2D eigenvalue weighted by atomic mass is 35.5. The van der Waals surface area contributed by atoms with Gasteiger partial charge in [0.05, 0.1) is 5.56 Å². The zero-order chi connectivity index (χ0) is 31.9. The number of aromatic nitrogens is 5. The number of aromatic amines is 1. The topological polar surface area (TPSA) is 239 Å². The molecule has 3 aromatic heterocycles. The molecule has 5 heterocycles. The van der Waals surface area contributed by atoms with Crippen molar-refractivity contribution in [2.75, 3.05) is 46.6 Å². The summed E-state index contributed by atoms with van der Waals surface area (Å²) in [6.07, 6.45) is 3.05. The second kappa shape index (κ2) is 13.1. The van der Waals surface area contributed by atoms with Crippen molar-refractivity contribution in [2.24, 2.45) is 22.9 Å². The number of nitrogens with two attached hydrogens (primary N) is 4. The molecule has 12 N–H and O–H groups in total. The maximum atomic E-state index is 13.0. The fourth-order valence-corrected chi connectivity index (χ4v) is 6.28. The number of carbonyl (C=O) groups excluding carboxylic acids is 1. The summed E-state index contributed by atoms with van der Waals surface area (Å²) >= 11 is 0. The van der Waals surface area contributed by atoms with Gasteiger partial charge in [-0.25, -0.2) is 0 Å². The Bertz CT molecular complexity index is 1880. The van der Waals surface area contributed by atoms with Crippen LogP contribution in [-0.2, 0) is 0 Å². The first-order valence-corrected chi connectivity index (χ1v) is 15.3. The van der Waals surface area contributed by atoms with Crippen LogP contribution in [0.4, 0.5) is 29.1 Å². The molecule has 5 aromatic rings. The smallest absolute Gasteiger partial charge is 0.259 e. The Morgan fingerprint density at radius 1 is 0.830 bits per heavy atom. The van der Waals surface area contributed by atoms with E-state index in [0.29, 0.717) is 66.3 Å². The van der Waals surface area contributed by atoms with Crippen LogP contribution < -0.4 is 43.4 Å². The lowest BCUT2D eigenvalue weighted by Crippen LogP contribution is -2.53. The van der Waals surface area contributed by atoms with Crippen LogP contribution in [0, 0.1) is 0 Å². The predicted molar refractivity (Wildman–Crippen MR) is 186 cm³/mol. The van der Waals surface area contributed by atoms with E-state index in [2.05, 4.69) is 25.5 Å². The fourth-order valence-electron chi connectivity index (χ4n) is 6.28. The van der Waals surface area contributed by atoms with E-state index in [4.69, 9.17) is 37.9 Å². The Hall–Kier alpha value is -4.80. The van der Waals surface area contributed by atoms with Crippen molar-refractivity contribution >= 4 is 69.5 Å². The second-order valence-electron chi connectivity index (χ2n) is 12.1. The maximum absolute atomic E-state index is 13.0. The number of imidazole rings is 1. The molecule has 0 radical (unpaired) electrons. The lowest BCUT2D eigenvalue weighted by Gasteiger charge is -2.37. The minimum Gasteiger partial charge on any atom is -0.505 e. The monoisotopic (exact) mass is 659 g/mol. The van der Waals surface area contributed by atoms with Gasteiger partial charge in [-0.15, -0.1) is 12.4 Å². The number of phenolic OH excluding ortho intramolecular Hbond substituents is 1. The van der Waals surface area contributed by atoms with Crippen LogP contribution in [0.3, 0.4) is 0 Å². The summed E-state index contributed by atoms with van der Waals surface area (Å²) in [6.45, 7) is 2.38. The number of anilines is 5. The summed E-state index contributed by atoms with van der Waals surface area (Å²) in [5.41, 5.74) is 28.1. The molecule has 0 bridgehead atoms. The first-order valence-electron chi connectivity index (χ1n) is 15.3. The number of piperidine rings is 2. The van der Waals surface area contributed by atoms with E-state index in [1.165, 1.54) is 0 Å². The van der Waals surface area contributed by atoms with Crippen molar-refractivity contribution in [1.29, 1.82) is 0 Å². The van der Waals surface area contributed by atoms with E-state index in [-0.39, 0.29) is 47.9 Å². The lowest BCUT2D eigenvalue weighted by molar-refractivity contribution is 0.102. The van der Waals surface area contributed by atoms with E-state index in [0.717, 1.165) is 23.9 Å². The zero-order valence-electron chi connectivity index (χ0n) is 25.5. The van der Waals surface area contributed by atoms with Crippen LogP contribution in [0.15, 0.2) is 54.7 Å². The van der Waals surface area contributed by atoms with E-state index >= 15 is 0 Å². The normalized spacial score (nSPS) is 21.4. The van der Waals surface area contributed by atoms with Crippen molar-refractivity contribution < 1.29 is 9.90 Å². The van der Waals surface area contributed by atoms with Crippen molar-refractivity contribution in [1.82, 2.24) is 24.9 Å². The summed E-state index contributed by atoms with van der Waals surface area (Å²) < 4.78 is 0. The van der Waals surface area contributed by atoms with Gasteiger partial charge in [0.2, 0.25) is 11.9 Å². The SMILES string of the molecule is Cl.N[C@@H]1C[C@H](N)CN(c2nc(N3C[C@H](N)C[C@H](N)C3)c3[nH]c(Nc4ccc(NC(=O)c5ccc6cccnc6c5O)cc4)nc3n2)C1. The molecule has 2 aliphatic rings. The average molecular weight is 660 g/mol. The molecule has 2 saturated heterocycles. The molecule has 2 aliphatic heterocycles. The number of nitrogens with one attached hydrogen (secondary N) is 3. The first-order chi connectivity index (χ1) is 22.2. The Morgan fingerprint density at radius 3 is 2.15 bits per heavy atom. The van der Waals surface area contributed by atoms with E-state index in [1.807, 2.05) is 23.1 Å². The number of aromatic hydroxyl groups is 1. The highest BCUT2D eigenvalue weighted by molar-refractivity contribution is 6.09. The molecule has 7 rings (SSSR count). The highest BCUT2D eigenvalue weighted by Crippen LogP contribution is 2.31. The molecule has 2 fully saturated rings. The van der Waals surface area contributed by atoms with Gasteiger partial charge >= 0.3 is 0 Å². The largest absolute Gasteiger partial charge is 0.505 e. The van der Waals surface area contributed by atoms with Gasteiger partial charge in [-0.05, 0) is 49.2 Å². The number of benzene rings is 2. The number of amides is 1. The molecule has 0 spiro atoms. The molecule has 1 amide bonds. The number of H-pyrrole nitrogens is 1. The summed E-state index contributed by atoms with van der Waals surface area (Å²) in [5.74, 6) is 1.03. The third-order valence-electron chi connectivity index (χ3n) is 8.33. The van der Waals surface area contributed by atoms with Crippen molar-refractivity contribution in [2.45, 2.75) is 37.0 Å². The molecule has 15 nitrogen and oxygen atoms in total. The molecule has 0 aliphatic carbocycles. The fraction of sp³-hybridized carbons (Fsp3) is 0.323. The quantitative estimate of drug-likeness (QED) is 0.130. The van der Waals surface area contributed by atoms with Crippen molar-refractivity contribution in [3.05, 3.63) is 60.3 Å². The molecule has 0 unspecified atom stereocenters. The molecule has 246 valence electrons. The summed E-state index contributed by atoms with van der Waals surface area (Å²) in [5, 5.41) is 17.5. The van der Waals surface area contributed by atoms with Crippen LogP contribution in [0.2, 0.25) is 0 Å². The molecule has 4 atom stereocenters. The van der Waals surface area contributed by atoms with E-state index in [1.54, 1.807) is 36.5 Å². The van der Waals surface area contributed by atoms with E-state index < -0.39 is 5.91 Å². The van der Waals surface area contributed by atoms with Crippen LogP contribution in [0.1, 0.15) is 23.2 Å². The van der Waals surface area contributed by atoms with Crippen LogP contribution in [0.25, 0.3) is 22.1 Å². The Balaban J connectivity index is 0.00000386. The maximum Gasteiger partial charge on any atom is 0.259 e. The van der Waals surface area contributed by atoms with Gasteiger partial charge in [0.25, 0.3) is 5.91 Å². The van der Waals surface area contributed by atoms with Crippen LogP contribution >= 0.6 is 12.4 Å². The second-order valence-corrected chi connectivity index (χ2v) is 12.1. The van der Waals surface area contributed by atoms with Crippen molar-refractivity contribution in [3.63, 3.8) is 0 Å². The first kappa shape index (κ1) is 32.2. The predicted octanol–water partition coefficient (Wildman–Crippen LogP) is 1.75. The third kappa shape index (κ3) is 6.70. The number of pyridine rings is 1.